The summed E-state index contributed by atoms with van der Waals surface area (Å²) in [6.45, 7) is 11.9. The van der Waals surface area contributed by atoms with E-state index in [9.17, 15) is 0 Å². The Morgan fingerprint density at radius 1 is 1.00 bits per heavy atom. The molecule has 0 aromatic rings. The van der Waals surface area contributed by atoms with Gasteiger partial charge in [-0.25, -0.2) is 0 Å². The van der Waals surface area contributed by atoms with Crippen molar-refractivity contribution in [2.24, 2.45) is 5.73 Å². The molecule has 0 unspecified atom stereocenters. The van der Waals surface area contributed by atoms with Gasteiger partial charge in [-0.3, -0.25) is 4.90 Å². The van der Waals surface area contributed by atoms with Gasteiger partial charge in [-0.15, -0.1) is 0 Å². The molecule has 1 atom stereocenters. The van der Waals surface area contributed by atoms with Gasteiger partial charge in [0.25, 0.3) is 0 Å². The van der Waals surface area contributed by atoms with E-state index in [-0.39, 0.29) is 6.04 Å². The molecule has 0 aromatic carbocycles. The quantitative estimate of drug-likeness (QED) is 0.671. The molecule has 0 amide bonds. The van der Waals surface area contributed by atoms with Crippen LogP contribution in [0.15, 0.2) is 0 Å². The summed E-state index contributed by atoms with van der Waals surface area (Å²) in [6, 6.07) is 1.47. The Labute approximate surface area is 70.8 Å². The minimum Gasteiger partial charge on any atom is -0.327 e. The molecule has 0 fully saturated rings. The highest BCUT2D eigenvalue weighted by molar-refractivity contribution is 4.70. The third kappa shape index (κ3) is 4.38. The lowest BCUT2D eigenvalue weighted by Gasteiger charge is -2.31. The zero-order valence-electron chi connectivity index (χ0n) is 8.46. The number of hydrogen-bond acceptors (Lipinski definition) is 2. The first-order valence-electron chi connectivity index (χ1n) is 4.46. The van der Waals surface area contributed by atoms with Crippen LogP contribution in [0.25, 0.3) is 0 Å². The molecule has 0 aliphatic rings. The first-order valence-corrected chi connectivity index (χ1v) is 4.46. The third-order valence-electron chi connectivity index (χ3n) is 1.83. The third-order valence-corrected chi connectivity index (χ3v) is 1.83. The summed E-state index contributed by atoms with van der Waals surface area (Å²) in [5.74, 6) is 0. The van der Waals surface area contributed by atoms with Crippen LogP contribution in [0.1, 0.15) is 34.6 Å². The van der Waals surface area contributed by atoms with Crippen molar-refractivity contribution < 1.29 is 0 Å². The predicted molar refractivity (Wildman–Crippen MR) is 50.6 cm³/mol. The summed E-state index contributed by atoms with van der Waals surface area (Å²) < 4.78 is 0. The maximum absolute atomic E-state index is 5.73. The van der Waals surface area contributed by atoms with Crippen molar-refractivity contribution in [2.75, 3.05) is 6.54 Å². The Hall–Kier alpha value is -0.0800. The van der Waals surface area contributed by atoms with Gasteiger partial charge in [-0.2, -0.15) is 0 Å². The summed E-state index contributed by atoms with van der Waals surface area (Å²) in [7, 11) is 0. The number of rotatable bonds is 4. The van der Waals surface area contributed by atoms with Crippen molar-refractivity contribution in [3.05, 3.63) is 0 Å². The predicted octanol–water partition coefficient (Wildman–Crippen LogP) is 1.45. The van der Waals surface area contributed by atoms with Crippen LogP contribution in [0.5, 0.6) is 0 Å². The summed E-state index contributed by atoms with van der Waals surface area (Å²) in [4.78, 5) is 2.41. The molecule has 0 aliphatic carbocycles. The van der Waals surface area contributed by atoms with E-state index in [1.807, 2.05) is 0 Å². The molecule has 0 saturated carbocycles. The molecule has 0 radical (unpaired) electrons. The minimum absolute atomic E-state index is 0.278. The fraction of sp³-hybridized carbons (Fsp3) is 1.00. The second-order valence-electron chi connectivity index (χ2n) is 3.86. The molecular weight excluding hydrogens is 136 g/mol. The van der Waals surface area contributed by atoms with Crippen LogP contribution in [0, 0.1) is 0 Å². The highest BCUT2D eigenvalue weighted by atomic mass is 15.2. The van der Waals surface area contributed by atoms with E-state index >= 15 is 0 Å². The average Bonchev–Trinajstić information content (AvgIpc) is 1.81. The lowest BCUT2D eigenvalue weighted by molar-refractivity contribution is 0.167. The second kappa shape index (κ2) is 4.73. The van der Waals surface area contributed by atoms with Crippen molar-refractivity contribution in [3.63, 3.8) is 0 Å². The highest BCUT2D eigenvalue weighted by Gasteiger charge is 2.13. The van der Waals surface area contributed by atoms with Gasteiger partial charge in [-0.1, -0.05) is 0 Å². The number of nitrogens with zero attached hydrogens (tertiary/aromatic N) is 1. The van der Waals surface area contributed by atoms with Crippen LogP contribution >= 0.6 is 0 Å². The summed E-state index contributed by atoms with van der Waals surface area (Å²) in [5.41, 5.74) is 5.73. The first kappa shape index (κ1) is 10.9. The van der Waals surface area contributed by atoms with Gasteiger partial charge in [0, 0.05) is 24.7 Å². The van der Waals surface area contributed by atoms with Gasteiger partial charge in [0.1, 0.15) is 0 Å². The molecule has 2 nitrogen and oxygen atoms in total. The molecule has 0 rings (SSSR count). The van der Waals surface area contributed by atoms with Gasteiger partial charge in [0.15, 0.2) is 0 Å². The first-order chi connectivity index (χ1) is 4.95. The average molecular weight is 158 g/mol. The summed E-state index contributed by atoms with van der Waals surface area (Å²) >= 11 is 0. The van der Waals surface area contributed by atoms with E-state index in [2.05, 4.69) is 39.5 Å². The molecule has 11 heavy (non-hydrogen) atoms. The van der Waals surface area contributed by atoms with Crippen molar-refractivity contribution in [1.82, 2.24) is 4.90 Å². The SMILES string of the molecule is CC(C)N(C[C@H](C)N)C(C)C. The number of nitrogens with two attached hydrogens (primary N) is 1. The summed E-state index contributed by atoms with van der Waals surface area (Å²) in [6.07, 6.45) is 0. The zero-order valence-corrected chi connectivity index (χ0v) is 8.46. The van der Waals surface area contributed by atoms with E-state index < -0.39 is 0 Å². The van der Waals surface area contributed by atoms with E-state index in [1.165, 1.54) is 0 Å². The smallest absolute Gasteiger partial charge is 0.0139 e. The van der Waals surface area contributed by atoms with Gasteiger partial charge in [-0.05, 0) is 34.6 Å². The largest absolute Gasteiger partial charge is 0.327 e. The number of hydrogen-bond donors (Lipinski definition) is 1. The molecule has 0 saturated heterocycles. The van der Waals surface area contributed by atoms with Crippen LogP contribution in [0.2, 0.25) is 0 Å². The molecule has 68 valence electrons. The molecule has 0 bridgehead atoms. The lowest BCUT2D eigenvalue weighted by Crippen LogP contribution is -2.43. The van der Waals surface area contributed by atoms with Gasteiger partial charge in [0.05, 0.1) is 0 Å². The van der Waals surface area contributed by atoms with Crippen LogP contribution in [0.3, 0.4) is 0 Å². The van der Waals surface area contributed by atoms with Crippen LogP contribution in [-0.2, 0) is 0 Å². The van der Waals surface area contributed by atoms with E-state index in [0.29, 0.717) is 12.1 Å². The molecular formula is C9H22N2. The fourth-order valence-corrected chi connectivity index (χ4v) is 1.35. The monoisotopic (exact) mass is 158 g/mol. The lowest BCUT2D eigenvalue weighted by atomic mass is 10.2. The molecule has 0 spiro atoms. The van der Waals surface area contributed by atoms with Gasteiger partial charge < -0.3 is 5.73 Å². The Morgan fingerprint density at radius 3 is 1.45 bits per heavy atom. The fourth-order valence-electron chi connectivity index (χ4n) is 1.35. The molecule has 0 heterocycles. The van der Waals surface area contributed by atoms with Crippen LogP contribution in [0.4, 0.5) is 0 Å². The van der Waals surface area contributed by atoms with E-state index in [4.69, 9.17) is 5.73 Å². The Balaban J connectivity index is 3.90. The Bertz CT molecular complexity index is 89.7. The Kier molecular flexibility index (Phi) is 4.69. The van der Waals surface area contributed by atoms with Crippen molar-refractivity contribution >= 4 is 0 Å². The van der Waals surface area contributed by atoms with Crippen molar-refractivity contribution in [2.45, 2.75) is 52.7 Å². The molecule has 0 aromatic heterocycles. The normalized spacial score (nSPS) is 15.0. The second-order valence-corrected chi connectivity index (χ2v) is 3.86. The van der Waals surface area contributed by atoms with Crippen LogP contribution in [-0.4, -0.2) is 29.6 Å². The summed E-state index contributed by atoms with van der Waals surface area (Å²) in [5, 5.41) is 0. The maximum Gasteiger partial charge on any atom is 0.0139 e. The minimum atomic E-state index is 0.278. The zero-order chi connectivity index (χ0) is 9.02. The van der Waals surface area contributed by atoms with E-state index in [0.717, 1.165) is 6.54 Å². The van der Waals surface area contributed by atoms with Crippen molar-refractivity contribution in [1.29, 1.82) is 0 Å². The maximum atomic E-state index is 5.73. The van der Waals surface area contributed by atoms with Crippen LogP contribution < -0.4 is 5.73 Å². The van der Waals surface area contributed by atoms with Crippen molar-refractivity contribution in [3.8, 4) is 0 Å². The van der Waals surface area contributed by atoms with Gasteiger partial charge in [0.2, 0.25) is 0 Å². The highest BCUT2D eigenvalue weighted by Crippen LogP contribution is 2.04. The van der Waals surface area contributed by atoms with Gasteiger partial charge >= 0.3 is 0 Å². The molecule has 2 heteroatoms. The molecule has 2 N–H and O–H groups in total. The topological polar surface area (TPSA) is 29.3 Å². The standard InChI is InChI=1S/C9H22N2/c1-7(2)11(8(3)4)6-9(5)10/h7-9H,6,10H2,1-5H3/t9-/m0/s1. The Morgan fingerprint density at radius 2 is 1.36 bits per heavy atom. The van der Waals surface area contributed by atoms with E-state index in [1.54, 1.807) is 0 Å². The molecule has 0 aliphatic heterocycles.